The summed E-state index contributed by atoms with van der Waals surface area (Å²) in [6, 6.07) is 5.63. The van der Waals surface area contributed by atoms with Gasteiger partial charge in [0.05, 0.1) is 11.3 Å². The lowest BCUT2D eigenvalue weighted by Crippen LogP contribution is -2.36. The van der Waals surface area contributed by atoms with Crippen molar-refractivity contribution in [1.29, 1.82) is 0 Å². The zero-order valence-corrected chi connectivity index (χ0v) is 11.8. The maximum absolute atomic E-state index is 12.4. The first-order valence-corrected chi connectivity index (χ1v) is 6.45. The van der Waals surface area contributed by atoms with Crippen molar-refractivity contribution < 1.29 is 0 Å². The Kier molecular flexibility index (Phi) is 3.62. The van der Waals surface area contributed by atoms with Crippen LogP contribution in [0.5, 0.6) is 0 Å². The number of nitrogens with zero attached hydrogens (tertiary/aromatic N) is 1. The molecule has 0 unspecified atom stereocenters. The first kappa shape index (κ1) is 13.6. The van der Waals surface area contributed by atoms with Crippen LogP contribution in [0, 0.1) is 13.8 Å². The van der Waals surface area contributed by atoms with E-state index in [2.05, 4.69) is 4.98 Å². The summed E-state index contributed by atoms with van der Waals surface area (Å²) in [7, 11) is 0. The van der Waals surface area contributed by atoms with Gasteiger partial charge in [-0.15, -0.1) is 0 Å². The van der Waals surface area contributed by atoms with Gasteiger partial charge in [-0.1, -0.05) is 36.7 Å². The number of hydrogen-bond acceptors (Lipinski definition) is 2. The van der Waals surface area contributed by atoms with Gasteiger partial charge in [0.2, 0.25) is 0 Å². The molecule has 19 heavy (non-hydrogen) atoms. The predicted molar refractivity (Wildman–Crippen MR) is 76.5 cm³/mol. The molecule has 0 aliphatic heterocycles. The number of benzene rings is 1. The number of aromatic nitrogens is 2. The molecule has 0 saturated carbocycles. The van der Waals surface area contributed by atoms with E-state index < -0.39 is 5.69 Å². The van der Waals surface area contributed by atoms with Crippen LogP contribution in [0.1, 0.15) is 23.6 Å². The van der Waals surface area contributed by atoms with Gasteiger partial charge in [0, 0.05) is 0 Å². The predicted octanol–water partition coefficient (Wildman–Crippen LogP) is 2.36. The average molecular weight is 279 g/mol. The number of rotatable bonds is 2. The fourth-order valence-electron chi connectivity index (χ4n) is 2.21. The smallest absolute Gasteiger partial charge is 0.297 e. The highest BCUT2D eigenvalue weighted by atomic mass is 35.5. The molecule has 1 heterocycles. The average Bonchev–Trinajstić information content (AvgIpc) is 2.33. The number of aryl methyl sites for hydroxylation is 2. The Balaban J connectivity index is 2.92. The molecule has 0 atom stereocenters. The van der Waals surface area contributed by atoms with Crippen LogP contribution in [0.25, 0.3) is 5.69 Å². The molecule has 0 bridgehead atoms. The lowest BCUT2D eigenvalue weighted by molar-refractivity contribution is 0.831. The molecule has 5 heteroatoms. The van der Waals surface area contributed by atoms with Crippen LogP contribution in [0.2, 0.25) is 5.15 Å². The summed E-state index contributed by atoms with van der Waals surface area (Å²) >= 11 is 5.91. The molecule has 0 spiro atoms. The number of hydrogen-bond donors (Lipinski definition) is 1. The quantitative estimate of drug-likeness (QED) is 0.858. The number of H-pyrrole nitrogens is 1. The van der Waals surface area contributed by atoms with Crippen molar-refractivity contribution in [2.75, 3.05) is 0 Å². The van der Waals surface area contributed by atoms with Gasteiger partial charge >= 0.3 is 5.69 Å². The Morgan fingerprint density at radius 2 is 1.79 bits per heavy atom. The van der Waals surface area contributed by atoms with Gasteiger partial charge in [-0.05, 0) is 31.4 Å². The summed E-state index contributed by atoms with van der Waals surface area (Å²) < 4.78 is 1.16. The summed E-state index contributed by atoms with van der Waals surface area (Å²) in [5.41, 5.74) is 1.93. The minimum absolute atomic E-state index is 0.125. The summed E-state index contributed by atoms with van der Waals surface area (Å²) in [5, 5.41) is 0.125. The SMILES string of the molecule is CCc1c(Cl)[nH]c(=O)n(-c2c(C)cccc2C)c1=O. The largest absolute Gasteiger partial charge is 0.334 e. The van der Waals surface area contributed by atoms with E-state index in [-0.39, 0.29) is 10.7 Å². The van der Waals surface area contributed by atoms with Crippen molar-refractivity contribution in [3.8, 4) is 5.69 Å². The molecule has 2 rings (SSSR count). The van der Waals surface area contributed by atoms with Gasteiger partial charge < -0.3 is 0 Å². The lowest BCUT2D eigenvalue weighted by Gasteiger charge is -2.13. The Hall–Kier alpha value is -1.81. The van der Waals surface area contributed by atoms with Gasteiger partial charge in [0.1, 0.15) is 5.15 Å². The highest BCUT2D eigenvalue weighted by Gasteiger charge is 2.15. The maximum Gasteiger partial charge on any atom is 0.334 e. The van der Waals surface area contributed by atoms with E-state index in [9.17, 15) is 9.59 Å². The first-order valence-electron chi connectivity index (χ1n) is 6.07. The van der Waals surface area contributed by atoms with Crippen molar-refractivity contribution in [3.63, 3.8) is 0 Å². The van der Waals surface area contributed by atoms with Crippen molar-refractivity contribution in [1.82, 2.24) is 9.55 Å². The molecule has 1 N–H and O–H groups in total. The van der Waals surface area contributed by atoms with Crippen molar-refractivity contribution in [3.05, 3.63) is 60.9 Å². The molecule has 1 aromatic carbocycles. The van der Waals surface area contributed by atoms with Gasteiger partial charge in [-0.2, -0.15) is 0 Å². The number of aromatic amines is 1. The second-order valence-electron chi connectivity index (χ2n) is 4.46. The van der Waals surface area contributed by atoms with Gasteiger partial charge in [0.15, 0.2) is 0 Å². The van der Waals surface area contributed by atoms with Crippen LogP contribution in [0.4, 0.5) is 0 Å². The van der Waals surface area contributed by atoms with Crippen LogP contribution in [-0.2, 0) is 6.42 Å². The first-order chi connectivity index (χ1) is 8.97. The van der Waals surface area contributed by atoms with Crippen molar-refractivity contribution in [2.24, 2.45) is 0 Å². The molecule has 0 radical (unpaired) electrons. The van der Waals surface area contributed by atoms with E-state index in [0.717, 1.165) is 15.7 Å². The Bertz CT molecular complexity index is 724. The Morgan fingerprint density at radius 1 is 1.21 bits per heavy atom. The van der Waals surface area contributed by atoms with Crippen LogP contribution in [0.15, 0.2) is 27.8 Å². The second kappa shape index (κ2) is 5.05. The normalized spacial score (nSPS) is 10.7. The fourth-order valence-corrected chi connectivity index (χ4v) is 2.51. The molecule has 0 fully saturated rings. The van der Waals surface area contributed by atoms with Crippen LogP contribution in [-0.4, -0.2) is 9.55 Å². The van der Waals surface area contributed by atoms with Crippen LogP contribution in [0.3, 0.4) is 0 Å². The molecular weight excluding hydrogens is 264 g/mol. The van der Waals surface area contributed by atoms with E-state index in [0.29, 0.717) is 17.7 Å². The molecular formula is C14H15ClN2O2. The van der Waals surface area contributed by atoms with Crippen LogP contribution < -0.4 is 11.2 Å². The zero-order chi connectivity index (χ0) is 14.2. The van der Waals surface area contributed by atoms with Gasteiger partial charge in [-0.3, -0.25) is 9.78 Å². The van der Waals surface area contributed by atoms with E-state index in [1.54, 1.807) is 0 Å². The third-order valence-electron chi connectivity index (χ3n) is 3.16. The topological polar surface area (TPSA) is 54.9 Å². The minimum atomic E-state index is -0.510. The van der Waals surface area contributed by atoms with Crippen molar-refractivity contribution in [2.45, 2.75) is 27.2 Å². The number of para-hydroxylation sites is 1. The van der Waals surface area contributed by atoms with E-state index in [1.807, 2.05) is 39.0 Å². The highest BCUT2D eigenvalue weighted by molar-refractivity contribution is 6.30. The van der Waals surface area contributed by atoms with E-state index >= 15 is 0 Å². The molecule has 100 valence electrons. The van der Waals surface area contributed by atoms with Gasteiger partial charge in [-0.25, -0.2) is 9.36 Å². The van der Waals surface area contributed by atoms with E-state index in [4.69, 9.17) is 11.6 Å². The Morgan fingerprint density at radius 3 is 2.32 bits per heavy atom. The molecule has 0 saturated heterocycles. The van der Waals surface area contributed by atoms with E-state index in [1.165, 1.54) is 0 Å². The summed E-state index contributed by atoms with van der Waals surface area (Å²) in [6.45, 7) is 5.57. The third kappa shape index (κ3) is 2.24. The molecule has 1 aromatic heterocycles. The Labute approximate surface area is 115 Å². The maximum atomic E-state index is 12.4. The molecule has 2 aromatic rings. The van der Waals surface area contributed by atoms with Crippen LogP contribution >= 0.6 is 11.6 Å². The zero-order valence-electron chi connectivity index (χ0n) is 11.1. The standard InChI is InChI=1S/C14H15ClN2O2/c1-4-10-12(15)16-14(19)17(13(10)18)11-8(2)6-5-7-9(11)3/h5-7H,4H2,1-3H3,(H,16,19). The highest BCUT2D eigenvalue weighted by Crippen LogP contribution is 2.16. The monoisotopic (exact) mass is 278 g/mol. The number of nitrogens with one attached hydrogen (secondary N) is 1. The molecule has 0 aliphatic rings. The lowest BCUT2D eigenvalue weighted by atomic mass is 10.1. The molecule has 4 nitrogen and oxygen atoms in total. The second-order valence-corrected chi connectivity index (χ2v) is 4.84. The molecule has 0 aliphatic carbocycles. The minimum Gasteiger partial charge on any atom is -0.297 e. The van der Waals surface area contributed by atoms with Crippen molar-refractivity contribution >= 4 is 11.6 Å². The summed E-state index contributed by atoms with van der Waals surface area (Å²) in [5.74, 6) is 0. The van der Waals surface area contributed by atoms with Gasteiger partial charge in [0.25, 0.3) is 5.56 Å². The number of halogens is 1. The third-order valence-corrected chi connectivity index (χ3v) is 3.49. The molecule has 0 amide bonds. The fraction of sp³-hybridized carbons (Fsp3) is 0.286. The summed E-state index contributed by atoms with van der Waals surface area (Å²) in [4.78, 5) is 27.0. The summed E-state index contributed by atoms with van der Waals surface area (Å²) in [6.07, 6.45) is 0.472.